The predicted molar refractivity (Wildman–Crippen MR) is 50.2 cm³/mol. The van der Waals surface area contributed by atoms with Gasteiger partial charge in [-0.2, -0.15) is 9.90 Å². The minimum absolute atomic E-state index is 0.0116. The molecule has 0 amide bonds. The van der Waals surface area contributed by atoms with Gasteiger partial charge in [0.1, 0.15) is 6.10 Å². The molecular formula is C11H17O3. The number of carbonyl (C=O) groups is 1. The van der Waals surface area contributed by atoms with Crippen molar-refractivity contribution in [1.82, 2.24) is 0 Å². The van der Waals surface area contributed by atoms with Crippen LogP contribution in [0.2, 0.25) is 0 Å². The highest BCUT2D eigenvalue weighted by Crippen LogP contribution is 2.66. The van der Waals surface area contributed by atoms with Crippen molar-refractivity contribution in [3.8, 4) is 0 Å². The summed E-state index contributed by atoms with van der Waals surface area (Å²) in [6.07, 6.45) is 1.62. The van der Waals surface area contributed by atoms with Gasteiger partial charge in [-0.05, 0) is 30.6 Å². The fourth-order valence-electron chi connectivity index (χ4n) is 3.42. The first kappa shape index (κ1) is 9.81. The highest BCUT2D eigenvalue weighted by atomic mass is 16.7. The van der Waals surface area contributed by atoms with Gasteiger partial charge in [-0.15, -0.1) is 0 Å². The standard InChI is InChI=1S/C11H17O3/c1-10(2)7-4-5-11(10,3)8(6-7)14-9(12)13/h7-8H,4-6H2,1-3H3. The van der Waals surface area contributed by atoms with Crippen LogP contribution in [0.25, 0.3) is 0 Å². The maximum Gasteiger partial charge on any atom is 0.550 e. The van der Waals surface area contributed by atoms with Crippen LogP contribution in [0.4, 0.5) is 4.79 Å². The topological polar surface area (TPSA) is 46.2 Å². The molecule has 0 aromatic heterocycles. The Labute approximate surface area is 84.4 Å². The Kier molecular flexibility index (Phi) is 1.85. The second kappa shape index (κ2) is 2.65. The zero-order valence-electron chi connectivity index (χ0n) is 9.00. The third-order valence-corrected chi connectivity index (χ3v) is 4.95. The highest BCUT2D eigenvalue weighted by molar-refractivity contribution is 5.56. The van der Waals surface area contributed by atoms with E-state index in [1.165, 1.54) is 6.42 Å². The van der Waals surface area contributed by atoms with Crippen LogP contribution >= 0.6 is 0 Å². The predicted octanol–water partition coefficient (Wildman–Crippen LogP) is 2.77. The summed E-state index contributed by atoms with van der Waals surface area (Å²) < 4.78 is 4.89. The molecular weight excluding hydrogens is 180 g/mol. The van der Waals surface area contributed by atoms with Gasteiger partial charge in [0.15, 0.2) is 0 Å². The molecule has 3 heteroatoms. The molecule has 14 heavy (non-hydrogen) atoms. The van der Waals surface area contributed by atoms with Crippen LogP contribution in [-0.2, 0) is 9.84 Å². The molecule has 0 aliphatic heterocycles. The van der Waals surface area contributed by atoms with Gasteiger partial charge < -0.3 is 4.74 Å². The fourth-order valence-corrected chi connectivity index (χ4v) is 3.42. The molecule has 0 spiro atoms. The molecule has 79 valence electrons. The van der Waals surface area contributed by atoms with E-state index in [1.807, 2.05) is 0 Å². The average molecular weight is 197 g/mol. The van der Waals surface area contributed by atoms with E-state index in [4.69, 9.17) is 4.74 Å². The van der Waals surface area contributed by atoms with E-state index in [-0.39, 0.29) is 16.9 Å². The van der Waals surface area contributed by atoms with Crippen LogP contribution in [0.1, 0.15) is 40.0 Å². The lowest BCUT2D eigenvalue weighted by atomic mass is 9.70. The van der Waals surface area contributed by atoms with Gasteiger partial charge in [0.2, 0.25) is 0 Å². The van der Waals surface area contributed by atoms with E-state index in [9.17, 15) is 9.90 Å². The van der Waals surface area contributed by atoms with Gasteiger partial charge in [0, 0.05) is 5.41 Å². The third-order valence-electron chi connectivity index (χ3n) is 4.95. The van der Waals surface area contributed by atoms with Crippen LogP contribution in [0.3, 0.4) is 0 Å². The second-order valence-electron chi connectivity index (χ2n) is 5.47. The number of fused-ring (bicyclic) bond motifs is 2. The fraction of sp³-hybridized carbons (Fsp3) is 0.909. The molecule has 3 nitrogen and oxygen atoms in total. The van der Waals surface area contributed by atoms with Crippen molar-refractivity contribution in [1.29, 1.82) is 0 Å². The van der Waals surface area contributed by atoms with Crippen molar-refractivity contribution in [2.45, 2.75) is 46.1 Å². The van der Waals surface area contributed by atoms with Crippen LogP contribution in [0.5, 0.6) is 0 Å². The Hall–Kier alpha value is -0.730. The van der Waals surface area contributed by atoms with E-state index in [0.717, 1.165) is 12.8 Å². The first-order chi connectivity index (χ1) is 6.38. The van der Waals surface area contributed by atoms with Crippen LogP contribution < -0.4 is 0 Å². The Bertz CT molecular complexity index is 272. The quantitative estimate of drug-likeness (QED) is 0.607. The van der Waals surface area contributed by atoms with E-state index in [1.54, 1.807) is 0 Å². The molecule has 0 saturated heterocycles. The third kappa shape index (κ3) is 1.01. The van der Waals surface area contributed by atoms with Crippen LogP contribution in [0.15, 0.2) is 0 Å². The summed E-state index contributed by atoms with van der Waals surface area (Å²) in [5, 5.41) is 10.5. The van der Waals surface area contributed by atoms with Crippen LogP contribution in [0, 0.1) is 16.7 Å². The number of rotatable bonds is 1. The van der Waals surface area contributed by atoms with Gasteiger partial charge in [-0.25, -0.2) is 0 Å². The maximum absolute atomic E-state index is 10.5. The molecule has 2 aliphatic carbocycles. The van der Waals surface area contributed by atoms with E-state index in [2.05, 4.69) is 20.8 Å². The lowest BCUT2D eigenvalue weighted by molar-refractivity contribution is -0.0353. The summed E-state index contributed by atoms with van der Waals surface area (Å²) >= 11 is 0. The molecule has 3 atom stereocenters. The Morgan fingerprint density at radius 1 is 1.36 bits per heavy atom. The molecule has 1 radical (unpaired) electrons. The molecule has 2 rings (SSSR count). The number of hydrogen-bond donors (Lipinski definition) is 0. The Morgan fingerprint density at radius 3 is 2.36 bits per heavy atom. The van der Waals surface area contributed by atoms with Gasteiger partial charge in [-0.3, -0.25) is 0 Å². The van der Waals surface area contributed by atoms with Crippen molar-refractivity contribution >= 4 is 6.16 Å². The van der Waals surface area contributed by atoms with E-state index >= 15 is 0 Å². The summed E-state index contributed by atoms with van der Waals surface area (Å²) in [4.78, 5) is 10.5. The smallest absolute Gasteiger partial charge is 0.428 e. The second-order valence-corrected chi connectivity index (χ2v) is 5.47. The summed E-state index contributed by atoms with van der Waals surface area (Å²) in [5.41, 5.74) is 0.213. The first-order valence-corrected chi connectivity index (χ1v) is 5.25. The summed E-state index contributed by atoms with van der Waals surface area (Å²) in [7, 11) is 0. The largest absolute Gasteiger partial charge is 0.550 e. The van der Waals surface area contributed by atoms with Crippen molar-refractivity contribution in [2.75, 3.05) is 0 Å². The molecule has 0 N–H and O–H groups in total. The highest BCUT2D eigenvalue weighted by Gasteiger charge is 2.63. The monoisotopic (exact) mass is 197 g/mol. The van der Waals surface area contributed by atoms with Crippen molar-refractivity contribution in [3.63, 3.8) is 0 Å². The zero-order valence-corrected chi connectivity index (χ0v) is 9.00. The first-order valence-electron chi connectivity index (χ1n) is 5.25. The number of ether oxygens (including phenoxy) is 1. The van der Waals surface area contributed by atoms with Gasteiger partial charge >= 0.3 is 6.16 Å². The van der Waals surface area contributed by atoms with E-state index in [0.29, 0.717) is 5.92 Å². The SMILES string of the molecule is CC1(C)C2CCC1(C)C(OC([O])=O)C2. The molecule has 3 unspecified atom stereocenters. The average Bonchev–Trinajstić information content (AvgIpc) is 2.35. The van der Waals surface area contributed by atoms with Gasteiger partial charge in [0.25, 0.3) is 0 Å². The summed E-state index contributed by atoms with van der Waals surface area (Å²) in [6.45, 7) is 6.60. The van der Waals surface area contributed by atoms with Gasteiger partial charge in [0.05, 0.1) is 0 Å². The maximum atomic E-state index is 10.5. The summed E-state index contributed by atoms with van der Waals surface area (Å²) in [5.74, 6) is 0.608. The van der Waals surface area contributed by atoms with Crippen LogP contribution in [-0.4, -0.2) is 12.3 Å². The Balaban J connectivity index is 2.23. The number of hydrogen-bond acceptors (Lipinski definition) is 2. The molecule has 0 aromatic rings. The molecule has 2 saturated carbocycles. The minimum atomic E-state index is -1.38. The molecule has 2 bridgehead atoms. The summed E-state index contributed by atoms with van der Waals surface area (Å²) in [6, 6.07) is 0. The van der Waals surface area contributed by atoms with Crippen molar-refractivity contribution < 1.29 is 14.6 Å². The molecule has 0 aromatic carbocycles. The number of carbonyl (C=O) groups excluding carboxylic acids is 1. The zero-order chi connectivity index (χ0) is 10.6. The molecule has 0 heterocycles. The van der Waals surface area contributed by atoms with Gasteiger partial charge in [-0.1, -0.05) is 20.8 Å². The lowest BCUT2D eigenvalue weighted by Crippen LogP contribution is -2.37. The molecule has 2 aliphatic rings. The lowest BCUT2D eigenvalue weighted by Gasteiger charge is -2.37. The Morgan fingerprint density at radius 2 is 2.00 bits per heavy atom. The minimum Gasteiger partial charge on any atom is -0.428 e. The van der Waals surface area contributed by atoms with E-state index < -0.39 is 6.16 Å². The molecule has 2 fully saturated rings. The van der Waals surface area contributed by atoms with Crippen molar-refractivity contribution in [3.05, 3.63) is 0 Å². The normalized spacial score (nSPS) is 43.9. The van der Waals surface area contributed by atoms with Crippen molar-refractivity contribution in [2.24, 2.45) is 16.7 Å².